The van der Waals surface area contributed by atoms with Gasteiger partial charge in [-0.25, -0.2) is 0 Å². The van der Waals surface area contributed by atoms with Gasteiger partial charge in [0.25, 0.3) is 0 Å². The molecule has 0 bridgehead atoms. The molecule has 0 spiro atoms. The summed E-state index contributed by atoms with van der Waals surface area (Å²) in [6.45, 7) is 0. The summed E-state index contributed by atoms with van der Waals surface area (Å²) in [5, 5.41) is 0. The quantitative estimate of drug-likeness (QED) is 0.787. The van der Waals surface area contributed by atoms with Crippen LogP contribution in [0.25, 0.3) is 0 Å². The molecule has 0 fully saturated rings. The van der Waals surface area contributed by atoms with E-state index in [1.165, 1.54) is 10.0 Å². The van der Waals surface area contributed by atoms with Crippen molar-refractivity contribution in [2.45, 2.75) is 4.44 Å². The molecular weight excluding hydrogens is 281 g/mol. The Morgan fingerprint density at radius 2 is 1.64 bits per heavy atom. The fourth-order valence-corrected chi connectivity index (χ4v) is 2.31. The molecular formula is C11H19NOSn. The minimum absolute atomic E-state index is 0.520. The van der Waals surface area contributed by atoms with E-state index in [2.05, 4.69) is 24.3 Å². The Kier molecular flexibility index (Phi) is 9.45. The Bertz CT molecular complexity index is 211. The molecule has 14 heavy (non-hydrogen) atoms. The molecule has 0 aromatic heterocycles. The summed E-state index contributed by atoms with van der Waals surface area (Å²) in [6.07, 6.45) is 0. The maximum atomic E-state index is 5.12. The van der Waals surface area contributed by atoms with Crippen LogP contribution >= 0.6 is 0 Å². The third kappa shape index (κ3) is 10.0. The molecule has 1 aromatic rings. The van der Waals surface area contributed by atoms with Gasteiger partial charge in [0, 0.05) is 0 Å². The normalized spacial score (nSPS) is 9.50. The van der Waals surface area contributed by atoms with E-state index in [1.807, 2.05) is 32.1 Å². The molecule has 0 heterocycles. The minimum atomic E-state index is -0.520. The van der Waals surface area contributed by atoms with Crippen LogP contribution in [-0.2, 0) is 7.51 Å². The first kappa shape index (κ1) is 13.9. The molecule has 0 atom stereocenters. The summed E-state index contributed by atoms with van der Waals surface area (Å²) < 4.78 is 6.30. The van der Waals surface area contributed by atoms with Gasteiger partial charge in [-0.3, -0.25) is 0 Å². The predicted octanol–water partition coefficient (Wildman–Crippen LogP) is 1.63. The van der Waals surface area contributed by atoms with E-state index in [0.29, 0.717) is 0 Å². The first-order valence-corrected chi connectivity index (χ1v) is 7.76. The molecule has 0 aliphatic carbocycles. The topological polar surface area (TPSA) is 12.5 Å². The van der Waals surface area contributed by atoms with Crippen LogP contribution in [0.1, 0.15) is 5.56 Å². The third-order valence-corrected chi connectivity index (χ3v) is 3.66. The Morgan fingerprint density at radius 3 is 2.07 bits per heavy atom. The Balaban J connectivity index is 0.000000364. The van der Waals surface area contributed by atoms with Crippen LogP contribution in [0.2, 0.25) is 0 Å². The molecule has 0 unspecified atom stereocenters. The fourth-order valence-electron chi connectivity index (χ4n) is 0.751. The summed E-state index contributed by atoms with van der Waals surface area (Å²) in [5.41, 5.74) is 1.41. The van der Waals surface area contributed by atoms with Crippen molar-refractivity contribution < 1.29 is 3.07 Å². The molecule has 78 valence electrons. The maximum absolute atomic E-state index is 5.12. The van der Waals surface area contributed by atoms with Crippen molar-refractivity contribution in [3.8, 4) is 0 Å². The second kappa shape index (κ2) is 9.49. The van der Waals surface area contributed by atoms with Crippen molar-refractivity contribution in [2.75, 3.05) is 28.3 Å². The molecule has 0 saturated heterocycles. The SMILES string of the molecule is CN(C)C.C[O][Sn][CH2]c1ccccc1. The van der Waals surface area contributed by atoms with E-state index in [1.54, 1.807) is 7.11 Å². The molecule has 0 aliphatic heterocycles. The van der Waals surface area contributed by atoms with Gasteiger partial charge < -0.3 is 4.90 Å². The zero-order valence-corrected chi connectivity index (χ0v) is 12.3. The number of hydrogen-bond donors (Lipinski definition) is 0. The Hall–Kier alpha value is -0.0613. The first-order chi connectivity index (χ1) is 6.66. The second-order valence-corrected chi connectivity index (χ2v) is 6.35. The average molecular weight is 300 g/mol. The summed E-state index contributed by atoms with van der Waals surface area (Å²) in [5.74, 6) is 0. The number of rotatable bonds is 3. The van der Waals surface area contributed by atoms with E-state index in [4.69, 9.17) is 3.07 Å². The van der Waals surface area contributed by atoms with Gasteiger partial charge in [0.2, 0.25) is 0 Å². The van der Waals surface area contributed by atoms with Crippen LogP contribution in [0.5, 0.6) is 0 Å². The molecule has 2 nitrogen and oxygen atoms in total. The average Bonchev–Trinajstić information content (AvgIpc) is 2.15. The molecule has 0 saturated carbocycles. The van der Waals surface area contributed by atoms with Gasteiger partial charge in [-0.2, -0.15) is 0 Å². The molecule has 2 radical (unpaired) electrons. The number of hydrogen-bond acceptors (Lipinski definition) is 2. The van der Waals surface area contributed by atoms with E-state index in [0.717, 1.165) is 0 Å². The monoisotopic (exact) mass is 301 g/mol. The standard InChI is InChI=1S/C7H7.C3H9N.CH3O.Sn/c1-7-5-3-2-4-6-7;1-4(2)3;1-2;/h2-6H,1H2;1-3H3;1H3;/q;;-1;+1. The van der Waals surface area contributed by atoms with Gasteiger partial charge >= 0.3 is 72.1 Å². The summed E-state index contributed by atoms with van der Waals surface area (Å²) in [7, 11) is 7.80. The Labute approximate surface area is 98.0 Å². The summed E-state index contributed by atoms with van der Waals surface area (Å²) >= 11 is -0.520. The predicted molar refractivity (Wildman–Crippen MR) is 62.5 cm³/mol. The molecule has 0 N–H and O–H groups in total. The van der Waals surface area contributed by atoms with Gasteiger partial charge in [-0.15, -0.1) is 0 Å². The van der Waals surface area contributed by atoms with Crippen LogP contribution in [0.4, 0.5) is 0 Å². The zero-order valence-electron chi connectivity index (χ0n) is 9.45. The van der Waals surface area contributed by atoms with Crippen molar-refractivity contribution in [1.29, 1.82) is 0 Å². The van der Waals surface area contributed by atoms with Gasteiger partial charge in [0.1, 0.15) is 0 Å². The van der Waals surface area contributed by atoms with E-state index >= 15 is 0 Å². The second-order valence-electron chi connectivity index (χ2n) is 3.35. The van der Waals surface area contributed by atoms with Gasteiger partial charge in [0.05, 0.1) is 0 Å². The number of benzene rings is 1. The van der Waals surface area contributed by atoms with Crippen molar-refractivity contribution in [3.63, 3.8) is 0 Å². The molecule has 0 amide bonds. The van der Waals surface area contributed by atoms with Crippen molar-refractivity contribution in [3.05, 3.63) is 35.9 Å². The van der Waals surface area contributed by atoms with Crippen LogP contribution in [0.3, 0.4) is 0 Å². The van der Waals surface area contributed by atoms with E-state index in [9.17, 15) is 0 Å². The van der Waals surface area contributed by atoms with Crippen LogP contribution in [-0.4, -0.2) is 54.7 Å². The molecule has 0 aliphatic rings. The molecule has 1 aromatic carbocycles. The van der Waals surface area contributed by atoms with E-state index in [-0.39, 0.29) is 0 Å². The van der Waals surface area contributed by atoms with Crippen LogP contribution < -0.4 is 0 Å². The van der Waals surface area contributed by atoms with Crippen molar-refractivity contribution in [1.82, 2.24) is 4.90 Å². The van der Waals surface area contributed by atoms with Gasteiger partial charge in [0.15, 0.2) is 0 Å². The molecule has 3 heteroatoms. The zero-order chi connectivity index (χ0) is 10.8. The van der Waals surface area contributed by atoms with Crippen LogP contribution in [0, 0.1) is 0 Å². The van der Waals surface area contributed by atoms with Gasteiger partial charge in [-0.05, 0) is 21.1 Å². The summed E-state index contributed by atoms with van der Waals surface area (Å²) in [4.78, 5) is 2.00. The van der Waals surface area contributed by atoms with Crippen LogP contribution in [0.15, 0.2) is 30.3 Å². The number of nitrogens with zero attached hydrogens (tertiary/aromatic N) is 1. The van der Waals surface area contributed by atoms with Crippen molar-refractivity contribution >= 4 is 21.6 Å². The Morgan fingerprint density at radius 1 is 1.14 bits per heavy atom. The molecule has 1 rings (SSSR count). The van der Waals surface area contributed by atoms with Gasteiger partial charge in [-0.1, -0.05) is 0 Å². The fraction of sp³-hybridized carbons (Fsp3) is 0.455. The van der Waals surface area contributed by atoms with Crippen molar-refractivity contribution in [2.24, 2.45) is 0 Å². The first-order valence-electron chi connectivity index (χ1n) is 4.57. The third-order valence-electron chi connectivity index (χ3n) is 1.26. The van der Waals surface area contributed by atoms with E-state index < -0.39 is 21.6 Å². The summed E-state index contributed by atoms with van der Waals surface area (Å²) in [6, 6.07) is 10.5.